The maximum atomic E-state index is 11.0. The van der Waals surface area contributed by atoms with Gasteiger partial charge in [-0.05, 0) is 30.0 Å². The maximum Gasteiger partial charge on any atom is 0.221 e. The van der Waals surface area contributed by atoms with Crippen LogP contribution in [0.4, 0.5) is 5.69 Å². The lowest BCUT2D eigenvalue weighted by molar-refractivity contribution is -0.114. The highest BCUT2D eigenvalue weighted by Gasteiger charge is 1.98. The molecule has 1 rings (SSSR count). The molecule has 0 aliphatic rings. The highest BCUT2D eigenvalue weighted by Crippen LogP contribution is 2.11. The Balaban J connectivity index is 2.49. The number of anilines is 1. The molecule has 0 heterocycles. The van der Waals surface area contributed by atoms with Crippen LogP contribution in [0, 0.1) is 5.92 Å². The van der Waals surface area contributed by atoms with Crippen molar-refractivity contribution in [2.45, 2.75) is 33.7 Å². The third-order valence-corrected chi connectivity index (χ3v) is 2.71. The summed E-state index contributed by atoms with van der Waals surface area (Å²) < 4.78 is 0. The van der Waals surface area contributed by atoms with Crippen LogP contribution in [0.3, 0.4) is 0 Å². The minimum Gasteiger partial charge on any atom is -0.370 e. The van der Waals surface area contributed by atoms with Gasteiger partial charge in [0, 0.05) is 19.2 Å². The molecule has 0 aromatic heterocycles. The topological polar surface area (TPSA) is 79.5 Å². The molecule has 0 spiro atoms. The van der Waals surface area contributed by atoms with E-state index in [4.69, 9.17) is 5.73 Å². The van der Waals surface area contributed by atoms with Crippen LogP contribution < -0.4 is 16.4 Å². The van der Waals surface area contributed by atoms with Crippen molar-refractivity contribution < 1.29 is 4.79 Å². The zero-order chi connectivity index (χ0) is 15.0. The minimum atomic E-state index is -0.0829. The Labute approximate surface area is 120 Å². The van der Waals surface area contributed by atoms with Gasteiger partial charge in [0.15, 0.2) is 5.96 Å². The van der Waals surface area contributed by atoms with Gasteiger partial charge in [0.05, 0.1) is 6.54 Å². The largest absolute Gasteiger partial charge is 0.370 e. The van der Waals surface area contributed by atoms with Gasteiger partial charge in [0.2, 0.25) is 5.91 Å². The van der Waals surface area contributed by atoms with Crippen molar-refractivity contribution in [3.63, 3.8) is 0 Å². The third kappa shape index (κ3) is 6.78. The Kier molecular flexibility index (Phi) is 6.56. The molecule has 4 N–H and O–H groups in total. The van der Waals surface area contributed by atoms with Gasteiger partial charge in [0.25, 0.3) is 0 Å². The number of nitrogens with one attached hydrogen (secondary N) is 2. The molecule has 0 unspecified atom stereocenters. The molecule has 0 aliphatic carbocycles. The molecule has 0 fully saturated rings. The summed E-state index contributed by atoms with van der Waals surface area (Å²) in [6, 6.07) is 7.58. The van der Waals surface area contributed by atoms with Crippen LogP contribution in [0.15, 0.2) is 29.3 Å². The molecule has 0 radical (unpaired) electrons. The zero-order valence-corrected chi connectivity index (χ0v) is 12.4. The van der Waals surface area contributed by atoms with Gasteiger partial charge in [-0.15, -0.1) is 0 Å². The van der Waals surface area contributed by atoms with Crippen molar-refractivity contribution in [1.82, 2.24) is 5.32 Å². The standard InChI is InChI=1S/C15H24N4O/c1-11(2)7-8-17-15(16)18-10-13-5-4-6-14(9-13)19-12(3)20/h4-6,9,11H,7-8,10H2,1-3H3,(H,19,20)(H3,16,17,18). The van der Waals surface area contributed by atoms with Crippen LogP contribution in [-0.2, 0) is 11.3 Å². The summed E-state index contributed by atoms with van der Waals surface area (Å²) in [4.78, 5) is 15.3. The monoisotopic (exact) mass is 276 g/mol. The van der Waals surface area contributed by atoms with Gasteiger partial charge in [-0.1, -0.05) is 26.0 Å². The number of amides is 1. The number of aliphatic imine (C=N–C) groups is 1. The minimum absolute atomic E-state index is 0.0829. The van der Waals surface area contributed by atoms with Gasteiger partial charge < -0.3 is 16.4 Å². The number of hydrogen-bond acceptors (Lipinski definition) is 2. The van der Waals surface area contributed by atoms with Crippen molar-refractivity contribution in [2.75, 3.05) is 11.9 Å². The summed E-state index contributed by atoms with van der Waals surface area (Å²) in [5.74, 6) is 1.01. The lowest BCUT2D eigenvalue weighted by Gasteiger charge is -2.08. The number of hydrogen-bond donors (Lipinski definition) is 3. The second-order valence-electron chi connectivity index (χ2n) is 5.19. The Hall–Kier alpha value is -2.04. The molecule has 1 amide bonds. The second-order valence-corrected chi connectivity index (χ2v) is 5.19. The molecule has 0 aliphatic heterocycles. The van der Waals surface area contributed by atoms with E-state index in [-0.39, 0.29) is 5.91 Å². The average Bonchev–Trinajstić information content (AvgIpc) is 2.35. The van der Waals surface area contributed by atoms with E-state index >= 15 is 0 Å². The Morgan fingerprint density at radius 1 is 1.40 bits per heavy atom. The van der Waals surface area contributed by atoms with Gasteiger partial charge in [-0.3, -0.25) is 4.79 Å². The Morgan fingerprint density at radius 2 is 2.15 bits per heavy atom. The van der Waals surface area contributed by atoms with E-state index in [0.29, 0.717) is 18.4 Å². The van der Waals surface area contributed by atoms with Crippen LogP contribution in [0.1, 0.15) is 32.8 Å². The molecule has 0 bridgehead atoms. The van der Waals surface area contributed by atoms with Crippen LogP contribution in [-0.4, -0.2) is 18.4 Å². The number of guanidine groups is 1. The fourth-order valence-corrected chi connectivity index (χ4v) is 1.67. The molecule has 5 heteroatoms. The quantitative estimate of drug-likeness (QED) is 0.550. The first-order valence-corrected chi connectivity index (χ1v) is 6.87. The molecule has 1 aromatic rings. The SMILES string of the molecule is CC(=O)Nc1cccc(CN=C(N)NCCC(C)C)c1. The van der Waals surface area contributed by atoms with E-state index in [1.54, 1.807) is 0 Å². The van der Waals surface area contributed by atoms with Crippen LogP contribution in [0.5, 0.6) is 0 Å². The summed E-state index contributed by atoms with van der Waals surface area (Å²) in [7, 11) is 0. The number of benzene rings is 1. The van der Waals surface area contributed by atoms with Crippen molar-refractivity contribution in [3.8, 4) is 0 Å². The van der Waals surface area contributed by atoms with Crippen LogP contribution in [0.25, 0.3) is 0 Å². The fourth-order valence-electron chi connectivity index (χ4n) is 1.67. The molecule has 110 valence electrons. The molecular formula is C15H24N4O. The Bertz CT molecular complexity index is 469. The molecule has 0 saturated heterocycles. The number of nitrogens with zero attached hydrogens (tertiary/aromatic N) is 1. The lowest BCUT2D eigenvalue weighted by Crippen LogP contribution is -2.32. The first-order valence-electron chi connectivity index (χ1n) is 6.87. The highest BCUT2D eigenvalue weighted by molar-refractivity contribution is 5.88. The van der Waals surface area contributed by atoms with Gasteiger partial charge in [0.1, 0.15) is 0 Å². The summed E-state index contributed by atoms with van der Waals surface area (Å²) in [5, 5.41) is 5.83. The smallest absolute Gasteiger partial charge is 0.221 e. The van der Waals surface area contributed by atoms with Crippen LogP contribution in [0.2, 0.25) is 0 Å². The predicted molar refractivity (Wildman–Crippen MR) is 83.5 cm³/mol. The number of carbonyl (C=O) groups excluding carboxylic acids is 1. The van der Waals surface area contributed by atoms with E-state index in [1.165, 1.54) is 6.92 Å². The average molecular weight is 276 g/mol. The van der Waals surface area contributed by atoms with Crippen LogP contribution >= 0.6 is 0 Å². The van der Waals surface area contributed by atoms with E-state index in [1.807, 2.05) is 24.3 Å². The molecule has 1 aromatic carbocycles. The number of carbonyl (C=O) groups is 1. The number of nitrogens with two attached hydrogens (primary N) is 1. The summed E-state index contributed by atoms with van der Waals surface area (Å²) >= 11 is 0. The molecule has 5 nitrogen and oxygen atoms in total. The van der Waals surface area contributed by atoms with E-state index in [2.05, 4.69) is 29.5 Å². The number of rotatable bonds is 6. The lowest BCUT2D eigenvalue weighted by atomic mass is 10.1. The van der Waals surface area contributed by atoms with Gasteiger partial charge in [-0.25, -0.2) is 4.99 Å². The van der Waals surface area contributed by atoms with Crippen molar-refractivity contribution in [3.05, 3.63) is 29.8 Å². The van der Waals surface area contributed by atoms with Crippen molar-refractivity contribution >= 4 is 17.6 Å². The molecular weight excluding hydrogens is 252 g/mol. The third-order valence-electron chi connectivity index (χ3n) is 2.71. The normalized spacial score (nSPS) is 11.5. The summed E-state index contributed by atoms with van der Waals surface area (Å²) in [6.07, 6.45) is 1.06. The Morgan fingerprint density at radius 3 is 2.80 bits per heavy atom. The van der Waals surface area contributed by atoms with E-state index < -0.39 is 0 Å². The highest BCUT2D eigenvalue weighted by atomic mass is 16.1. The first kappa shape index (κ1) is 16.0. The molecule has 20 heavy (non-hydrogen) atoms. The fraction of sp³-hybridized carbons (Fsp3) is 0.467. The van der Waals surface area contributed by atoms with Crippen molar-refractivity contribution in [1.29, 1.82) is 0 Å². The first-order chi connectivity index (χ1) is 9.47. The molecule has 0 atom stereocenters. The predicted octanol–water partition coefficient (Wildman–Crippen LogP) is 2.10. The molecule has 0 saturated carbocycles. The van der Waals surface area contributed by atoms with Gasteiger partial charge in [-0.2, -0.15) is 0 Å². The van der Waals surface area contributed by atoms with E-state index in [9.17, 15) is 4.79 Å². The van der Waals surface area contributed by atoms with Crippen molar-refractivity contribution in [2.24, 2.45) is 16.6 Å². The second kappa shape index (κ2) is 8.19. The summed E-state index contributed by atoms with van der Waals surface area (Å²) in [5.41, 5.74) is 7.57. The zero-order valence-electron chi connectivity index (χ0n) is 12.4. The maximum absolute atomic E-state index is 11.0. The van der Waals surface area contributed by atoms with Gasteiger partial charge >= 0.3 is 0 Å². The van der Waals surface area contributed by atoms with E-state index in [0.717, 1.165) is 24.2 Å². The summed E-state index contributed by atoms with van der Waals surface area (Å²) in [6.45, 7) is 7.15.